The van der Waals surface area contributed by atoms with Crippen molar-refractivity contribution in [2.24, 2.45) is 0 Å². The van der Waals surface area contributed by atoms with Crippen LogP contribution in [-0.2, 0) is 0 Å². The highest BCUT2D eigenvalue weighted by atomic mass is 35.5. The number of nitrogens with one attached hydrogen (secondary N) is 1. The first-order chi connectivity index (χ1) is 5.47. The van der Waals surface area contributed by atoms with Crippen LogP contribution in [0.25, 0.3) is 0 Å². The highest BCUT2D eigenvalue weighted by Gasteiger charge is 2.15. The van der Waals surface area contributed by atoms with E-state index < -0.39 is 0 Å². The zero-order chi connectivity index (χ0) is 7.52. The lowest BCUT2D eigenvalue weighted by molar-refractivity contribution is 0.456. The lowest BCUT2D eigenvalue weighted by Crippen LogP contribution is -2.28. The van der Waals surface area contributed by atoms with Gasteiger partial charge in [0.15, 0.2) is 0 Å². The minimum Gasteiger partial charge on any atom is -0.472 e. The van der Waals surface area contributed by atoms with Crippen LogP contribution in [0.15, 0.2) is 23.0 Å². The van der Waals surface area contributed by atoms with Gasteiger partial charge in [-0.25, -0.2) is 0 Å². The Hall–Kier alpha value is -0.470. The third kappa shape index (κ3) is 2.02. The summed E-state index contributed by atoms with van der Waals surface area (Å²) >= 11 is 0. The SMILES string of the molecule is Cl.c1cc(C2CCCNC2)co1. The zero-order valence-corrected chi connectivity index (χ0v) is 7.77. The van der Waals surface area contributed by atoms with Crippen molar-refractivity contribution in [2.45, 2.75) is 18.8 Å². The Kier molecular flexibility index (Phi) is 3.63. The molecule has 0 bridgehead atoms. The van der Waals surface area contributed by atoms with Crippen molar-refractivity contribution in [1.82, 2.24) is 5.32 Å². The van der Waals surface area contributed by atoms with Gasteiger partial charge in [0.05, 0.1) is 12.5 Å². The van der Waals surface area contributed by atoms with Crippen molar-refractivity contribution in [1.29, 1.82) is 0 Å². The Morgan fingerprint density at radius 2 is 2.42 bits per heavy atom. The predicted molar refractivity (Wildman–Crippen MR) is 50.8 cm³/mol. The summed E-state index contributed by atoms with van der Waals surface area (Å²) < 4.78 is 5.04. The van der Waals surface area contributed by atoms with Crippen molar-refractivity contribution in [3.63, 3.8) is 0 Å². The van der Waals surface area contributed by atoms with Crippen LogP contribution in [0.3, 0.4) is 0 Å². The molecule has 0 aliphatic carbocycles. The van der Waals surface area contributed by atoms with E-state index in [0.717, 1.165) is 6.54 Å². The first-order valence-corrected chi connectivity index (χ1v) is 4.19. The Labute approximate surface area is 78.7 Å². The molecule has 1 unspecified atom stereocenters. The number of hydrogen-bond donors (Lipinski definition) is 1. The molecule has 68 valence electrons. The monoisotopic (exact) mass is 187 g/mol. The van der Waals surface area contributed by atoms with Crippen molar-refractivity contribution in [2.75, 3.05) is 13.1 Å². The molecule has 0 saturated carbocycles. The highest BCUT2D eigenvalue weighted by Crippen LogP contribution is 2.22. The molecule has 2 heterocycles. The molecule has 1 aliphatic rings. The van der Waals surface area contributed by atoms with Crippen LogP contribution in [0.4, 0.5) is 0 Å². The third-order valence-corrected chi connectivity index (χ3v) is 2.31. The molecule has 0 amide bonds. The van der Waals surface area contributed by atoms with Gasteiger partial charge in [-0.05, 0) is 36.9 Å². The van der Waals surface area contributed by atoms with E-state index in [4.69, 9.17) is 4.42 Å². The van der Waals surface area contributed by atoms with Gasteiger partial charge in [-0.3, -0.25) is 0 Å². The maximum atomic E-state index is 5.04. The molecule has 2 rings (SSSR count). The summed E-state index contributed by atoms with van der Waals surface area (Å²) in [5.41, 5.74) is 1.34. The average Bonchev–Trinajstić information content (AvgIpc) is 2.58. The van der Waals surface area contributed by atoms with E-state index in [1.165, 1.54) is 24.9 Å². The van der Waals surface area contributed by atoms with Gasteiger partial charge < -0.3 is 9.73 Å². The molecule has 0 radical (unpaired) electrons. The van der Waals surface area contributed by atoms with Crippen molar-refractivity contribution < 1.29 is 4.42 Å². The second-order valence-corrected chi connectivity index (χ2v) is 3.10. The van der Waals surface area contributed by atoms with Crippen LogP contribution in [0.5, 0.6) is 0 Å². The summed E-state index contributed by atoms with van der Waals surface area (Å²) in [5.74, 6) is 0.683. The number of furan rings is 1. The minimum atomic E-state index is 0. The number of piperidine rings is 1. The fourth-order valence-corrected chi connectivity index (χ4v) is 1.64. The lowest BCUT2D eigenvalue weighted by Gasteiger charge is -2.21. The smallest absolute Gasteiger partial charge is 0.0937 e. The summed E-state index contributed by atoms with van der Waals surface area (Å²) in [6, 6.07) is 2.07. The molecule has 2 nitrogen and oxygen atoms in total. The summed E-state index contributed by atoms with van der Waals surface area (Å²) in [6.07, 6.45) is 6.20. The first-order valence-electron chi connectivity index (χ1n) is 4.19. The number of rotatable bonds is 1. The van der Waals surface area contributed by atoms with Gasteiger partial charge in [-0.2, -0.15) is 0 Å². The number of halogens is 1. The van der Waals surface area contributed by atoms with Crippen LogP contribution < -0.4 is 5.32 Å². The van der Waals surface area contributed by atoms with E-state index in [-0.39, 0.29) is 12.4 Å². The fourth-order valence-electron chi connectivity index (χ4n) is 1.64. The second kappa shape index (κ2) is 4.53. The van der Waals surface area contributed by atoms with E-state index in [0.29, 0.717) is 5.92 Å². The van der Waals surface area contributed by atoms with Gasteiger partial charge in [0, 0.05) is 6.54 Å². The van der Waals surface area contributed by atoms with Gasteiger partial charge in [0.25, 0.3) is 0 Å². The molecule has 0 spiro atoms. The largest absolute Gasteiger partial charge is 0.472 e. The topological polar surface area (TPSA) is 25.2 Å². The standard InChI is InChI=1S/C9H13NO.ClH/c1-2-8(6-10-4-1)9-3-5-11-7-9;/h3,5,7-8,10H,1-2,4,6H2;1H. The Bertz CT molecular complexity index is 204. The molecule has 0 aromatic carbocycles. The normalized spacial score (nSPS) is 23.2. The molecular formula is C9H14ClNO. The highest BCUT2D eigenvalue weighted by molar-refractivity contribution is 5.85. The quantitative estimate of drug-likeness (QED) is 0.729. The van der Waals surface area contributed by atoms with E-state index in [1.54, 1.807) is 6.26 Å². The lowest BCUT2D eigenvalue weighted by atomic mass is 9.94. The van der Waals surface area contributed by atoms with E-state index >= 15 is 0 Å². The Morgan fingerprint density at radius 3 is 3.00 bits per heavy atom. The first kappa shape index (κ1) is 9.62. The van der Waals surface area contributed by atoms with Crippen LogP contribution >= 0.6 is 12.4 Å². The van der Waals surface area contributed by atoms with Crippen LogP contribution in [0.2, 0.25) is 0 Å². The van der Waals surface area contributed by atoms with E-state index in [2.05, 4.69) is 11.4 Å². The van der Waals surface area contributed by atoms with Gasteiger partial charge in [0.1, 0.15) is 0 Å². The summed E-state index contributed by atoms with van der Waals surface area (Å²) in [4.78, 5) is 0. The molecule has 1 aromatic rings. The van der Waals surface area contributed by atoms with Gasteiger partial charge in [-0.1, -0.05) is 0 Å². The van der Waals surface area contributed by atoms with Crippen LogP contribution in [-0.4, -0.2) is 13.1 Å². The van der Waals surface area contributed by atoms with Crippen LogP contribution in [0, 0.1) is 0 Å². The number of hydrogen-bond acceptors (Lipinski definition) is 2. The average molecular weight is 188 g/mol. The van der Waals surface area contributed by atoms with Crippen molar-refractivity contribution in [3.8, 4) is 0 Å². The maximum absolute atomic E-state index is 5.04. The second-order valence-electron chi connectivity index (χ2n) is 3.10. The minimum absolute atomic E-state index is 0. The molecule has 1 saturated heterocycles. The van der Waals surface area contributed by atoms with Crippen molar-refractivity contribution in [3.05, 3.63) is 24.2 Å². The molecule has 12 heavy (non-hydrogen) atoms. The molecular weight excluding hydrogens is 174 g/mol. The van der Waals surface area contributed by atoms with Gasteiger partial charge in [0.2, 0.25) is 0 Å². The third-order valence-electron chi connectivity index (χ3n) is 2.31. The van der Waals surface area contributed by atoms with Crippen molar-refractivity contribution >= 4 is 12.4 Å². The maximum Gasteiger partial charge on any atom is 0.0937 e. The molecule has 1 N–H and O–H groups in total. The molecule has 1 atom stereocenters. The molecule has 1 fully saturated rings. The van der Waals surface area contributed by atoms with Gasteiger partial charge in [-0.15, -0.1) is 12.4 Å². The van der Waals surface area contributed by atoms with E-state index in [9.17, 15) is 0 Å². The Morgan fingerprint density at radius 1 is 1.50 bits per heavy atom. The molecule has 1 aliphatic heterocycles. The fraction of sp³-hybridized carbons (Fsp3) is 0.556. The van der Waals surface area contributed by atoms with E-state index in [1.807, 2.05) is 6.26 Å². The molecule has 1 aromatic heterocycles. The summed E-state index contributed by atoms with van der Waals surface area (Å²) in [7, 11) is 0. The predicted octanol–water partition coefficient (Wildman–Crippen LogP) is 2.17. The summed E-state index contributed by atoms with van der Waals surface area (Å²) in [6.45, 7) is 2.29. The Balaban J connectivity index is 0.000000720. The van der Waals surface area contributed by atoms with Crippen LogP contribution in [0.1, 0.15) is 24.3 Å². The molecule has 3 heteroatoms. The zero-order valence-electron chi connectivity index (χ0n) is 6.95. The van der Waals surface area contributed by atoms with Gasteiger partial charge >= 0.3 is 0 Å². The summed E-state index contributed by atoms with van der Waals surface area (Å²) in [5, 5.41) is 3.38.